The number of sulfonamides is 1. The Balaban J connectivity index is 2.09. The second kappa shape index (κ2) is 6.43. The molecule has 0 amide bonds. The lowest BCUT2D eigenvalue weighted by molar-refractivity contribution is 0.357. The fourth-order valence-corrected chi connectivity index (χ4v) is 5.77. The maximum absolute atomic E-state index is 13.6. The van der Waals surface area contributed by atoms with E-state index < -0.39 is 15.9 Å². The minimum absolute atomic E-state index is 0.0596. The van der Waals surface area contributed by atoms with Crippen LogP contribution in [-0.4, -0.2) is 15.0 Å². The summed E-state index contributed by atoms with van der Waals surface area (Å²) in [6.07, 6.45) is 0. The number of nitrogens with two attached hydrogens (primary N) is 1. The topological polar surface area (TPSA) is 96.4 Å². The van der Waals surface area contributed by atoms with Gasteiger partial charge in [-0.3, -0.25) is 4.31 Å². The minimum Gasteiger partial charge on any atom is -0.439 e. The van der Waals surface area contributed by atoms with Crippen molar-refractivity contribution in [3.8, 4) is 6.07 Å². The monoisotopic (exact) mass is 393 g/mol. The van der Waals surface area contributed by atoms with Crippen LogP contribution in [-0.2, 0) is 14.8 Å². The van der Waals surface area contributed by atoms with Crippen LogP contribution in [0.15, 0.2) is 64.9 Å². The smallest absolute Gasteiger partial charge is 0.265 e. The maximum atomic E-state index is 13.6. The van der Waals surface area contributed by atoms with Gasteiger partial charge in [-0.15, -0.1) is 0 Å². The fraction of sp³-hybridized carbons (Fsp3) is 0.190. The Kier molecular flexibility index (Phi) is 4.16. The quantitative estimate of drug-likeness (QED) is 0.844. The van der Waals surface area contributed by atoms with Crippen LogP contribution in [0, 0.1) is 18.3 Å². The van der Waals surface area contributed by atoms with Gasteiger partial charge in [0.1, 0.15) is 16.5 Å². The van der Waals surface area contributed by atoms with Crippen molar-refractivity contribution in [3.05, 3.63) is 81.6 Å². The summed E-state index contributed by atoms with van der Waals surface area (Å²) in [5.41, 5.74) is 9.00. The standard InChI is InChI=1S/C21H19N3O3S/c1-3-24-17-10-5-4-9-15(17)19-20(28(24,25)26)18(16(12-22)21(23)27-19)14-8-6-7-13(2)11-14/h4-11,18H,3,23H2,1-2H3/t18-/m1/s1. The Labute approximate surface area is 164 Å². The third-order valence-electron chi connectivity index (χ3n) is 5.02. The van der Waals surface area contributed by atoms with Gasteiger partial charge in [-0.1, -0.05) is 42.0 Å². The van der Waals surface area contributed by atoms with E-state index in [9.17, 15) is 13.7 Å². The molecule has 0 aliphatic carbocycles. The average molecular weight is 393 g/mol. The molecule has 0 fully saturated rings. The van der Waals surface area contributed by atoms with Gasteiger partial charge in [-0.05, 0) is 31.5 Å². The first-order valence-corrected chi connectivity index (χ1v) is 10.3. The molecule has 2 aliphatic heterocycles. The number of benzene rings is 2. The lowest BCUT2D eigenvalue weighted by atomic mass is 9.87. The van der Waals surface area contributed by atoms with Crippen LogP contribution in [0.1, 0.15) is 29.5 Å². The van der Waals surface area contributed by atoms with Crippen LogP contribution in [0.5, 0.6) is 0 Å². The van der Waals surface area contributed by atoms with E-state index in [2.05, 4.69) is 6.07 Å². The van der Waals surface area contributed by atoms with Crippen molar-refractivity contribution in [1.29, 1.82) is 5.26 Å². The number of ether oxygens (including phenoxy) is 1. The number of aryl methyl sites for hydroxylation is 1. The van der Waals surface area contributed by atoms with Gasteiger partial charge in [0.15, 0.2) is 5.76 Å². The summed E-state index contributed by atoms with van der Waals surface area (Å²) < 4.78 is 34.3. The van der Waals surface area contributed by atoms with Crippen LogP contribution in [0.25, 0.3) is 5.76 Å². The van der Waals surface area contributed by atoms with Crippen molar-refractivity contribution in [3.63, 3.8) is 0 Å². The average Bonchev–Trinajstić information content (AvgIpc) is 2.67. The Bertz CT molecular complexity index is 1190. The molecule has 2 heterocycles. The van der Waals surface area contributed by atoms with Gasteiger partial charge in [-0.25, -0.2) is 8.42 Å². The predicted octanol–water partition coefficient (Wildman–Crippen LogP) is 3.34. The number of hydrogen-bond acceptors (Lipinski definition) is 5. The second-order valence-corrected chi connectivity index (χ2v) is 8.55. The van der Waals surface area contributed by atoms with E-state index in [0.717, 1.165) is 5.56 Å². The van der Waals surface area contributed by atoms with Crippen molar-refractivity contribution in [2.24, 2.45) is 5.73 Å². The first-order chi connectivity index (χ1) is 13.4. The number of allylic oxidation sites excluding steroid dienone is 2. The number of anilines is 1. The van der Waals surface area contributed by atoms with Gasteiger partial charge in [-0.2, -0.15) is 5.26 Å². The van der Waals surface area contributed by atoms with Gasteiger partial charge < -0.3 is 10.5 Å². The molecule has 142 valence electrons. The molecule has 0 bridgehead atoms. The molecule has 4 rings (SSSR count). The third-order valence-corrected chi connectivity index (χ3v) is 7.03. The van der Waals surface area contributed by atoms with E-state index >= 15 is 0 Å². The number of hydrogen-bond donors (Lipinski definition) is 1. The summed E-state index contributed by atoms with van der Waals surface area (Å²) in [5.74, 6) is -0.688. The zero-order valence-electron chi connectivity index (χ0n) is 15.5. The van der Waals surface area contributed by atoms with Gasteiger partial charge in [0.05, 0.1) is 11.6 Å². The van der Waals surface area contributed by atoms with Crippen molar-refractivity contribution in [2.75, 3.05) is 10.8 Å². The predicted molar refractivity (Wildman–Crippen MR) is 107 cm³/mol. The first kappa shape index (κ1) is 18.1. The van der Waals surface area contributed by atoms with Crippen molar-refractivity contribution >= 4 is 21.5 Å². The van der Waals surface area contributed by atoms with E-state index in [1.54, 1.807) is 25.1 Å². The van der Waals surface area contributed by atoms with Crippen LogP contribution >= 0.6 is 0 Å². The highest BCUT2D eigenvalue weighted by Gasteiger charge is 2.46. The first-order valence-electron chi connectivity index (χ1n) is 8.90. The highest BCUT2D eigenvalue weighted by molar-refractivity contribution is 7.97. The number of fused-ring (bicyclic) bond motifs is 2. The second-order valence-electron chi connectivity index (χ2n) is 6.72. The molecule has 0 unspecified atom stereocenters. The van der Waals surface area contributed by atoms with E-state index in [0.29, 0.717) is 16.8 Å². The molecule has 7 heteroatoms. The Morgan fingerprint density at radius 1 is 1.21 bits per heavy atom. The largest absolute Gasteiger partial charge is 0.439 e. The molecule has 2 aliphatic rings. The summed E-state index contributed by atoms with van der Waals surface area (Å²) in [7, 11) is -3.92. The Morgan fingerprint density at radius 3 is 2.64 bits per heavy atom. The summed E-state index contributed by atoms with van der Waals surface area (Å²) in [6.45, 7) is 3.96. The number of rotatable bonds is 2. The van der Waals surface area contributed by atoms with Crippen molar-refractivity contribution in [2.45, 2.75) is 19.8 Å². The molecule has 1 atom stereocenters. The zero-order chi connectivity index (χ0) is 20.1. The minimum atomic E-state index is -3.92. The summed E-state index contributed by atoms with van der Waals surface area (Å²) in [6, 6.07) is 16.6. The number of nitriles is 1. The Hall–Kier alpha value is -3.24. The molecule has 0 saturated heterocycles. The molecule has 6 nitrogen and oxygen atoms in total. The van der Waals surface area contributed by atoms with Crippen molar-refractivity contribution < 1.29 is 13.2 Å². The molecular weight excluding hydrogens is 374 g/mol. The number of para-hydroxylation sites is 1. The molecule has 2 N–H and O–H groups in total. The molecular formula is C21H19N3O3S. The molecule has 2 aromatic carbocycles. The Morgan fingerprint density at radius 2 is 1.96 bits per heavy atom. The van der Waals surface area contributed by atoms with Crippen LogP contribution in [0.2, 0.25) is 0 Å². The lowest BCUT2D eigenvalue weighted by Crippen LogP contribution is -2.39. The highest BCUT2D eigenvalue weighted by Crippen LogP contribution is 2.50. The van der Waals surface area contributed by atoms with Crippen molar-refractivity contribution in [1.82, 2.24) is 0 Å². The van der Waals surface area contributed by atoms with Gasteiger partial charge in [0, 0.05) is 12.1 Å². The highest BCUT2D eigenvalue weighted by atomic mass is 32.2. The van der Waals surface area contributed by atoms with E-state index in [1.807, 2.05) is 37.3 Å². The molecule has 28 heavy (non-hydrogen) atoms. The van der Waals surface area contributed by atoms with E-state index in [4.69, 9.17) is 10.5 Å². The van der Waals surface area contributed by atoms with Crippen LogP contribution < -0.4 is 10.0 Å². The zero-order valence-corrected chi connectivity index (χ0v) is 16.3. The lowest BCUT2D eigenvalue weighted by Gasteiger charge is -2.37. The van der Waals surface area contributed by atoms with Gasteiger partial charge in [0.25, 0.3) is 10.0 Å². The van der Waals surface area contributed by atoms with Gasteiger partial charge >= 0.3 is 0 Å². The molecule has 0 aromatic heterocycles. The normalized spacial score (nSPS) is 20.2. The summed E-state index contributed by atoms with van der Waals surface area (Å²) in [4.78, 5) is 0.0596. The maximum Gasteiger partial charge on any atom is 0.265 e. The summed E-state index contributed by atoms with van der Waals surface area (Å²) >= 11 is 0. The van der Waals surface area contributed by atoms with Crippen LogP contribution in [0.3, 0.4) is 0 Å². The summed E-state index contributed by atoms with van der Waals surface area (Å²) in [5, 5.41) is 9.74. The fourth-order valence-electron chi connectivity index (χ4n) is 3.83. The third kappa shape index (κ3) is 2.49. The van der Waals surface area contributed by atoms with E-state index in [-0.39, 0.29) is 28.7 Å². The van der Waals surface area contributed by atoms with Crippen LogP contribution in [0.4, 0.5) is 5.69 Å². The molecule has 0 spiro atoms. The molecule has 0 saturated carbocycles. The molecule has 2 aromatic rings. The number of nitrogens with zero attached hydrogens (tertiary/aromatic N) is 2. The molecule has 0 radical (unpaired) electrons. The van der Waals surface area contributed by atoms with E-state index in [1.165, 1.54) is 4.31 Å². The SMILES string of the molecule is CCN1c2ccccc2C2=C([C@H](c3cccc(C)c3)C(C#N)=C(N)O2)S1(=O)=O. The van der Waals surface area contributed by atoms with Gasteiger partial charge in [0.2, 0.25) is 5.88 Å².